The third-order valence-electron chi connectivity index (χ3n) is 2.79. The zero-order valence-electron chi connectivity index (χ0n) is 9.20. The Balaban J connectivity index is 1.93. The number of hydrogen-bond donors (Lipinski definition) is 2. The minimum Gasteiger partial charge on any atom is -0.378 e. The second kappa shape index (κ2) is 5.27. The lowest BCUT2D eigenvalue weighted by molar-refractivity contribution is -0.139. The van der Waals surface area contributed by atoms with Crippen LogP contribution in [0.25, 0.3) is 0 Å². The molecule has 90 valence electrons. The Kier molecular flexibility index (Phi) is 3.74. The van der Waals surface area contributed by atoms with E-state index in [2.05, 4.69) is 10.6 Å². The predicted molar refractivity (Wildman–Crippen MR) is 56.8 cm³/mol. The van der Waals surface area contributed by atoms with Crippen LogP contribution in [0.1, 0.15) is 6.42 Å². The van der Waals surface area contributed by atoms with Gasteiger partial charge in [-0.3, -0.25) is 9.59 Å². The van der Waals surface area contributed by atoms with Crippen LogP contribution in [0.5, 0.6) is 0 Å². The quantitative estimate of drug-likeness (QED) is 0.561. The van der Waals surface area contributed by atoms with Gasteiger partial charge in [0.05, 0.1) is 19.8 Å². The smallest absolute Gasteiger partial charge is 0.242 e. The second-order valence-electron chi connectivity index (χ2n) is 4.04. The van der Waals surface area contributed by atoms with Crippen molar-refractivity contribution in [1.29, 1.82) is 0 Å². The Bertz CT molecular complexity index is 276. The topological polar surface area (TPSA) is 70.7 Å². The number of ether oxygens (including phenoxy) is 1. The molecule has 2 fully saturated rings. The fraction of sp³-hybridized carbons (Fsp3) is 0.800. The summed E-state index contributed by atoms with van der Waals surface area (Å²) in [6, 6.07) is -0.292. The molecule has 2 rings (SSSR count). The Morgan fingerprint density at radius 2 is 2.31 bits per heavy atom. The zero-order valence-corrected chi connectivity index (χ0v) is 9.20. The van der Waals surface area contributed by atoms with Gasteiger partial charge in [-0.05, 0) is 6.42 Å². The van der Waals surface area contributed by atoms with Gasteiger partial charge in [-0.15, -0.1) is 0 Å². The maximum atomic E-state index is 12.1. The highest BCUT2D eigenvalue weighted by Crippen LogP contribution is 2.03. The van der Waals surface area contributed by atoms with Crippen molar-refractivity contribution in [3.05, 3.63) is 0 Å². The van der Waals surface area contributed by atoms with E-state index in [0.717, 1.165) is 6.42 Å². The largest absolute Gasteiger partial charge is 0.378 e. The maximum absolute atomic E-state index is 12.1. The van der Waals surface area contributed by atoms with Crippen molar-refractivity contribution in [3.63, 3.8) is 0 Å². The van der Waals surface area contributed by atoms with Crippen molar-refractivity contribution in [2.45, 2.75) is 12.5 Å². The highest BCUT2D eigenvalue weighted by molar-refractivity contribution is 5.88. The normalized spacial score (nSPS) is 27.1. The van der Waals surface area contributed by atoms with Crippen molar-refractivity contribution in [2.75, 3.05) is 39.4 Å². The summed E-state index contributed by atoms with van der Waals surface area (Å²) in [5.41, 5.74) is 0. The van der Waals surface area contributed by atoms with Crippen molar-refractivity contribution >= 4 is 11.8 Å². The lowest BCUT2D eigenvalue weighted by atomic mass is 10.2. The maximum Gasteiger partial charge on any atom is 0.242 e. The van der Waals surface area contributed by atoms with Gasteiger partial charge in [0.15, 0.2) is 0 Å². The second-order valence-corrected chi connectivity index (χ2v) is 4.04. The van der Waals surface area contributed by atoms with Crippen LogP contribution in [-0.2, 0) is 14.3 Å². The first-order chi connectivity index (χ1) is 7.77. The van der Waals surface area contributed by atoms with E-state index in [0.29, 0.717) is 32.8 Å². The van der Waals surface area contributed by atoms with Gasteiger partial charge < -0.3 is 20.3 Å². The molecule has 2 N–H and O–H groups in total. The Morgan fingerprint density at radius 1 is 1.44 bits per heavy atom. The standard InChI is InChI=1S/C10H17N3O3/c14-9-6-13(4-1-2-12-9)10(15)8-7-16-5-3-11-8/h8,11H,1-7H2,(H,12,14). The molecule has 2 heterocycles. The molecule has 0 aromatic rings. The van der Waals surface area contributed by atoms with Gasteiger partial charge in [0, 0.05) is 19.6 Å². The molecule has 0 aliphatic carbocycles. The van der Waals surface area contributed by atoms with E-state index in [9.17, 15) is 9.59 Å². The summed E-state index contributed by atoms with van der Waals surface area (Å²) in [4.78, 5) is 25.0. The van der Waals surface area contributed by atoms with Crippen LogP contribution in [-0.4, -0.2) is 62.1 Å². The third-order valence-corrected chi connectivity index (χ3v) is 2.79. The van der Waals surface area contributed by atoms with Gasteiger partial charge >= 0.3 is 0 Å². The highest BCUT2D eigenvalue weighted by Gasteiger charge is 2.28. The molecule has 2 aliphatic heterocycles. The van der Waals surface area contributed by atoms with E-state index in [-0.39, 0.29) is 24.4 Å². The van der Waals surface area contributed by atoms with Crippen molar-refractivity contribution in [1.82, 2.24) is 15.5 Å². The van der Waals surface area contributed by atoms with E-state index in [1.54, 1.807) is 4.90 Å². The first-order valence-corrected chi connectivity index (χ1v) is 5.64. The molecule has 0 aromatic heterocycles. The van der Waals surface area contributed by atoms with Crippen LogP contribution in [0.4, 0.5) is 0 Å². The lowest BCUT2D eigenvalue weighted by Gasteiger charge is -2.28. The zero-order chi connectivity index (χ0) is 11.4. The number of nitrogens with one attached hydrogen (secondary N) is 2. The molecule has 2 aliphatic rings. The lowest BCUT2D eigenvalue weighted by Crippen LogP contribution is -2.53. The predicted octanol–water partition coefficient (Wildman–Crippen LogP) is -1.68. The molecule has 6 nitrogen and oxygen atoms in total. The monoisotopic (exact) mass is 227 g/mol. The number of nitrogens with zero attached hydrogens (tertiary/aromatic N) is 1. The van der Waals surface area contributed by atoms with Crippen molar-refractivity contribution in [2.24, 2.45) is 0 Å². The van der Waals surface area contributed by atoms with E-state index in [4.69, 9.17) is 4.74 Å². The molecule has 0 spiro atoms. The van der Waals surface area contributed by atoms with E-state index < -0.39 is 0 Å². The molecular weight excluding hydrogens is 210 g/mol. The fourth-order valence-corrected chi connectivity index (χ4v) is 1.94. The number of rotatable bonds is 1. The molecule has 1 unspecified atom stereocenters. The molecule has 2 saturated heterocycles. The first kappa shape index (κ1) is 11.3. The summed E-state index contributed by atoms with van der Waals surface area (Å²) in [6.07, 6.45) is 0.811. The molecule has 1 atom stereocenters. The van der Waals surface area contributed by atoms with Gasteiger partial charge in [0.1, 0.15) is 6.04 Å². The molecule has 0 bridgehead atoms. The van der Waals surface area contributed by atoms with Gasteiger partial charge in [0.25, 0.3) is 0 Å². The molecule has 0 radical (unpaired) electrons. The Labute approximate surface area is 94.3 Å². The summed E-state index contributed by atoms with van der Waals surface area (Å²) in [5, 5.41) is 5.85. The summed E-state index contributed by atoms with van der Waals surface area (Å²) >= 11 is 0. The van der Waals surface area contributed by atoms with Gasteiger partial charge in [-0.1, -0.05) is 0 Å². The Hall–Kier alpha value is -1.14. The molecule has 0 saturated carbocycles. The molecule has 2 amide bonds. The van der Waals surface area contributed by atoms with Crippen LogP contribution in [0.15, 0.2) is 0 Å². The van der Waals surface area contributed by atoms with E-state index in [1.807, 2.05) is 0 Å². The van der Waals surface area contributed by atoms with Crippen LogP contribution < -0.4 is 10.6 Å². The SMILES string of the molecule is O=C1CN(C(=O)C2COCCN2)CCCN1. The number of carbonyl (C=O) groups is 2. The van der Waals surface area contributed by atoms with E-state index >= 15 is 0 Å². The molecule has 16 heavy (non-hydrogen) atoms. The van der Waals surface area contributed by atoms with E-state index in [1.165, 1.54) is 0 Å². The average Bonchev–Trinajstić information content (AvgIpc) is 2.54. The number of amides is 2. The number of carbonyl (C=O) groups excluding carboxylic acids is 2. The summed E-state index contributed by atoms with van der Waals surface area (Å²) in [5.74, 6) is -0.112. The molecular formula is C10H17N3O3. The van der Waals surface area contributed by atoms with Crippen molar-refractivity contribution in [3.8, 4) is 0 Å². The van der Waals surface area contributed by atoms with Crippen LogP contribution in [0.3, 0.4) is 0 Å². The number of hydrogen-bond acceptors (Lipinski definition) is 4. The Morgan fingerprint density at radius 3 is 3.06 bits per heavy atom. The average molecular weight is 227 g/mol. The van der Waals surface area contributed by atoms with Crippen LogP contribution in [0, 0.1) is 0 Å². The minimum atomic E-state index is -0.292. The molecule has 6 heteroatoms. The van der Waals surface area contributed by atoms with Gasteiger partial charge in [-0.25, -0.2) is 0 Å². The van der Waals surface area contributed by atoms with Crippen LogP contribution in [0.2, 0.25) is 0 Å². The summed E-state index contributed by atoms with van der Waals surface area (Å²) in [7, 11) is 0. The highest BCUT2D eigenvalue weighted by atomic mass is 16.5. The summed E-state index contributed by atoms with van der Waals surface area (Å²) in [6.45, 7) is 3.18. The van der Waals surface area contributed by atoms with Gasteiger partial charge in [0.2, 0.25) is 11.8 Å². The van der Waals surface area contributed by atoms with Crippen LogP contribution >= 0.6 is 0 Å². The third kappa shape index (κ3) is 2.70. The number of morpholine rings is 1. The summed E-state index contributed by atoms with van der Waals surface area (Å²) < 4.78 is 5.24. The van der Waals surface area contributed by atoms with Gasteiger partial charge in [-0.2, -0.15) is 0 Å². The molecule has 0 aromatic carbocycles. The fourth-order valence-electron chi connectivity index (χ4n) is 1.94. The first-order valence-electron chi connectivity index (χ1n) is 5.64. The minimum absolute atomic E-state index is 0.0308. The van der Waals surface area contributed by atoms with Crippen molar-refractivity contribution < 1.29 is 14.3 Å².